The van der Waals surface area contributed by atoms with Crippen molar-refractivity contribution in [1.29, 1.82) is 0 Å². The highest BCUT2D eigenvalue weighted by Gasteiger charge is 2.15. The van der Waals surface area contributed by atoms with E-state index in [1.54, 1.807) is 10.8 Å². The summed E-state index contributed by atoms with van der Waals surface area (Å²) in [5.74, 6) is -0.111. The van der Waals surface area contributed by atoms with Crippen LogP contribution in [-0.2, 0) is 17.8 Å². The SMILES string of the molecule is Cc1cnc(NC(=O)CSc2nc3nccnc3c(=O)n2CCc2ccccc2)s1. The van der Waals surface area contributed by atoms with Crippen LogP contribution < -0.4 is 10.9 Å². The Balaban J connectivity index is 1.56. The van der Waals surface area contributed by atoms with Gasteiger partial charge in [0, 0.05) is 30.0 Å². The molecule has 0 saturated carbocycles. The third-order valence-corrected chi connectivity index (χ3v) is 6.03. The molecule has 0 aliphatic heterocycles. The summed E-state index contributed by atoms with van der Waals surface area (Å²) >= 11 is 2.60. The van der Waals surface area contributed by atoms with Crippen molar-refractivity contribution in [3.05, 3.63) is 69.7 Å². The summed E-state index contributed by atoms with van der Waals surface area (Å²) in [6.07, 6.45) is 5.34. The largest absolute Gasteiger partial charge is 0.301 e. The third-order valence-electron chi connectivity index (χ3n) is 4.23. The number of thioether (sulfide) groups is 1. The zero-order valence-electron chi connectivity index (χ0n) is 16.1. The first kappa shape index (κ1) is 20.2. The van der Waals surface area contributed by atoms with Gasteiger partial charge in [0.25, 0.3) is 5.56 Å². The van der Waals surface area contributed by atoms with Crippen LogP contribution in [0.1, 0.15) is 10.4 Å². The number of amides is 1. The average molecular weight is 439 g/mol. The number of hydrogen-bond donors (Lipinski definition) is 1. The van der Waals surface area contributed by atoms with Crippen molar-refractivity contribution in [3.63, 3.8) is 0 Å². The van der Waals surface area contributed by atoms with Crippen LogP contribution in [0, 0.1) is 6.92 Å². The van der Waals surface area contributed by atoms with Gasteiger partial charge in [0.05, 0.1) is 5.75 Å². The number of fused-ring (bicyclic) bond motifs is 1. The lowest BCUT2D eigenvalue weighted by Crippen LogP contribution is -2.26. The van der Waals surface area contributed by atoms with Crippen molar-refractivity contribution in [1.82, 2.24) is 24.5 Å². The number of benzene rings is 1. The molecule has 0 spiro atoms. The quantitative estimate of drug-likeness (QED) is 0.350. The molecule has 10 heteroatoms. The van der Waals surface area contributed by atoms with Gasteiger partial charge >= 0.3 is 0 Å². The predicted octanol–water partition coefficient (Wildman–Crippen LogP) is 2.92. The summed E-state index contributed by atoms with van der Waals surface area (Å²) in [6, 6.07) is 9.89. The number of aromatic nitrogens is 5. The molecule has 0 aliphatic rings. The van der Waals surface area contributed by atoms with Crippen molar-refractivity contribution in [2.24, 2.45) is 0 Å². The fourth-order valence-electron chi connectivity index (χ4n) is 2.82. The van der Waals surface area contributed by atoms with Gasteiger partial charge in [0.1, 0.15) is 0 Å². The number of hydrogen-bond acceptors (Lipinski definition) is 8. The van der Waals surface area contributed by atoms with E-state index >= 15 is 0 Å². The van der Waals surface area contributed by atoms with E-state index in [2.05, 4.69) is 25.3 Å². The lowest BCUT2D eigenvalue weighted by molar-refractivity contribution is -0.113. The molecular formula is C20H18N6O2S2. The highest BCUT2D eigenvalue weighted by atomic mass is 32.2. The van der Waals surface area contributed by atoms with Crippen LogP contribution in [0.25, 0.3) is 11.2 Å². The molecule has 4 rings (SSSR count). The van der Waals surface area contributed by atoms with Gasteiger partial charge in [-0.1, -0.05) is 42.1 Å². The molecule has 3 heterocycles. The minimum absolute atomic E-state index is 0.0994. The van der Waals surface area contributed by atoms with E-state index in [9.17, 15) is 9.59 Å². The zero-order valence-corrected chi connectivity index (χ0v) is 17.7. The Morgan fingerprint density at radius 1 is 1.17 bits per heavy atom. The lowest BCUT2D eigenvalue weighted by atomic mass is 10.1. The Kier molecular flexibility index (Phi) is 6.15. The average Bonchev–Trinajstić information content (AvgIpc) is 3.17. The minimum Gasteiger partial charge on any atom is -0.301 e. The summed E-state index contributed by atoms with van der Waals surface area (Å²) in [4.78, 5) is 43.3. The number of anilines is 1. The number of nitrogens with one attached hydrogen (secondary N) is 1. The van der Waals surface area contributed by atoms with Crippen LogP contribution in [0.5, 0.6) is 0 Å². The van der Waals surface area contributed by atoms with Crippen LogP contribution in [0.4, 0.5) is 5.13 Å². The number of nitrogens with zero attached hydrogens (tertiary/aromatic N) is 5. The fourth-order valence-corrected chi connectivity index (χ4v) is 4.31. The first-order valence-corrected chi connectivity index (χ1v) is 11.0. The molecule has 1 N–H and O–H groups in total. The molecule has 0 fully saturated rings. The lowest BCUT2D eigenvalue weighted by Gasteiger charge is -2.12. The van der Waals surface area contributed by atoms with Crippen LogP contribution in [0.15, 0.2) is 58.9 Å². The summed E-state index contributed by atoms with van der Waals surface area (Å²) in [7, 11) is 0. The van der Waals surface area contributed by atoms with E-state index in [-0.39, 0.29) is 28.4 Å². The van der Waals surface area contributed by atoms with Gasteiger partial charge in [-0.05, 0) is 18.9 Å². The van der Waals surface area contributed by atoms with E-state index in [4.69, 9.17) is 0 Å². The standard InChI is InChI=1S/C20H18N6O2S2/c1-13-11-23-19(30-13)24-15(27)12-29-20-25-17-16(21-8-9-22-17)18(28)26(20)10-7-14-5-3-2-4-6-14/h2-6,8-9,11H,7,10,12H2,1H3,(H,23,24,27). The number of rotatable bonds is 7. The second-order valence-electron chi connectivity index (χ2n) is 6.43. The maximum Gasteiger partial charge on any atom is 0.282 e. The first-order chi connectivity index (χ1) is 14.6. The van der Waals surface area contributed by atoms with Crippen molar-refractivity contribution in [2.75, 3.05) is 11.1 Å². The van der Waals surface area contributed by atoms with Crippen LogP contribution >= 0.6 is 23.1 Å². The van der Waals surface area contributed by atoms with Crippen LogP contribution in [0.3, 0.4) is 0 Å². The normalized spacial score (nSPS) is 11.0. The molecule has 1 amide bonds. The molecule has 0 radical (unpaired) electrons. The van der Waals surface area contributed by atoms with Gasteiger partial charge in [0.15, 0.2) is 21.5 Å². The molecular weight excluding hydrogens is 420 g/mol. The number of carbonyl (C=O) groups excluding carboxylic acids is 1. The van der Waals surface area contributed by atoms with E-state index < -0.39 is 0 Å². The van der Waals surface area contributed by atoms with Gasteiger partial charge in [-0.25, -0.2) is 19.9 Å². The summed E-state index contributed by atoms with van der Waals surface area (Å²) in [6.45, 7) is 2.35. The Bertz CT molecular complexity index is 1240. The summed E-state index contributed by atoms with van der Waals surface area (Å²) in [5.41, 5.74) is 1.34. The molecule has 0 aliphatic carbocycles. The smallest absolute Gasteiger partial charge is 0.282 e. The molecule has 1 aromatic carbocycles. The Labute approximate surface area is 180 Å². The Hall–Kier alpha value is -3.11. The molecule has 30 heavy (non-hydrogen) atoms. The molecule has 0 saturated heterocycles. The zero-order chi connectivity index (χ0) is 20.9. The molecule has 152 valence electrons. The molecule has 0 unspecified atom stereocenters. The van der Waals surface area contributed by atoms with Crippen molar-refractivity contribution in [2.45, 2.75) is 25.0 Å². The Morgan fingerprint density at radius 2 is 1.97 bits per heavy atom. The summed E-state index contributed by atoms with van der Waals surface area (Å²) < 4.78 is 1.56. The van der Waals surface area contributed by atoms with E-state index in [1.807, 2.05) is 37.3 Å². The van der Waals surface area contributed by atoms with Gasteiger partial charge in [-0.3, -0.25) is 14.2 Å². The number of thiazole rings is 1. The molecule has 0 atom stereocenters. The number of aryl methyl sites for hydroxylation is 2. The fraction of sp³-hybridized carbons (Fsp3) is 0.200. The van der Waals surface area contributed by atoms with Crippen molar-refractivity contribution >= 4 is 45.3 Å². The predicted molar refractivity (Wildman–Crippen MR) is 118 cm³/mol. The van der Waals surface area contributed by atoms with Crippen molar-refractivity contribution in [3.8, 4) is 0 Å². The summed E-state index contributed by atoms with van der Waals surface area (Å²) in [5, 5.41) is 3.76. The van der Waals surface area contributed by atoms with Crippen LogP contribution in [0.2, 0.25) is 0 Å². The molecule has 3 aromatic heterocycles. The highest BCUT2D eigenvalue weighted by molar-refractivity contribution is 7.99. The van der Waals surface area contributed by atoms with Crippen molar-refractivity contribution < 1.29 is 4.79 Å². The maximum atomic E-state index is 13.0. The second-order valence-corrected chi connectivity index (χ2v) is 8.61. The topological polar surface area (TPSA) is 103 Å². The van der Waals surface area contributed by atoms with Gasteiger partial charge < -0.3 is 5.32 Å². The molecule has 8 nitrogen and oxygen atoms in total. The molecule has 4 aromatic rings. The van der Waals surface area contributed by atoms with Gasteiger partial charge in [0.2, 0.25) is 5.91 Å². The molecule has 0 bridgehead atoms. The van der Waals surface area contributed by atoms with Gasteiger partial charge in [-0.2, -0.15) is 0 Å². The third kappa shape index (κ3) is 4.71. The number of carbonyl (C=O) groups is 1. The second kappa shape index (κ2) is 9.14. The first-order valence-electron chi connectivity index (χ1n) is 9.21. The monoisotopic (exact) mass is 438 g/mol. The van der Waals surface area contributed by atoms with Crippen LogP contribution in [-0.4, -0.2) is 36.2 Å². The van der Waals surface area contributed by atoms with E-state index in [1.165, 1.54) is 35.5 Å². The Morgan fingerprint density at radius 3 is 2.73 bits per heavy atom. The van der Waals surface area contributed by atoms with E-state index in [0.717, 1.165) is 10.4 Å². The minimum atomic E-state index is -0.262. The van der Waals surface area contributed by atoms with E-state index in [0.29, 0.717) is 23.3 Å². The van der Waals surface area contributed by atoms with Gasteiger partial charge in [-0.15, -0.1) is 11.3 Å². The highest BCUT2D eigenvalue weighted by Crippen LogP contribution is 2.20. The maximum absolute atomic E-state index is 13.0.